The lowest BCUT2D eigenvalue weighted by atomic mass is 9.89. The number of likely N-dealkylation sites (tertiary alicyclic amines) is 1. The molecule has 1 saturated heterocycles. The summed E-state index contributed by atoms with van der Waals surface area (Å²) in [5.41, 5.74) is -0.309. The molecule has 0 atom stereocenters. The lowest BCUT2D eigenvalue weighted by molar-refractivity contribution is -0.384. The van der Waals surface area contributed by atoms with Crippen molar-refractivity contribution < 1.29 is 9.72 Å². The van der Waals surface area contributed by atoms with Crippen molar-refractivity contribution in [3.8, 4) is 6.07 Å². The Hall–Kier alpha value is -2.72. The van der Waals surface area contributed by atoms with E-state index in [9.17, 15) is 20.2 Å². The largest absolute Gasteiger partial charge is 0.334 e. The summed E-state index contributed by atoms with van der Waals surface area (Å²) in [6, 6.07) is 8.22. The number of carbonyl (C=O) groups is 1. The SMILES string of the molecule is CN1CCC(C#N)(NC(=O)/C=C/c2cccc([N+](=O)[O-])c2)CC1. The Morgan fingerprint density at radius 1 is 1.48 bits per heavy atom. The van der Waals surface area contributed by atoms with Crippen LogP contribution in [0.25, 0.3) is 6.08 Å². The van der Waals surface area contributed by atoms with Crippen LogP contribution in [0.1, 0.15) is 18.4 Å². The Morgan fingerprint density at radius 2 is 2.17 bits per heavy atom. The van der Waals surface area contributed by atoms with E-state index in [1.54, 1.807) is 12.1 Å². The summed E-state index contributed by atoms with van der Waals surface area (Å²) in [5, 5.41) is 22.9. The minimum atomic E-state index is -0.837. The van der Waals surface area contributed by atoms with Gasteiger partial charge in [-0.2, -0.15) is 5.26 Å². The van der Waals surface area contributed by atoms with Gasteiger partial charge in [0.1, 0.15) is 5.54 Å². The van der Waals surface area contributed by atoms with E-state index in [-0.39, 0.29) is 11.6 Å². The molecule has 7 heteroatoms. The van der Waals surface area contributed by atoms with E-state index in [1.807, 2.05) is 7.05 Å². The van der Waals surface area contributed by atoms with Crippen LogP contribution in [-0.2, 0) is 4.79 Å². The first-order valence-electron chi connectivity index (χ1n) is 7.29. The highest BCUT2D eigenvalue weighted by Crippen LogP contribution is 2.21. The molecule has 1 N–H and O–H groups in total. The second kappa shape index (κ2) is 7.03. The van der Waals surface area contributed by atoms with Gasteiger partial charge in [0.15, 0.2) is 0 Å². The van der Waals surface area contributed by atoms with Gasteiger partial charge in [0.05, 0.1) is 11.0 Å². The summed E-state index contributed by atoms with van der Waals surface area (Å²) in [6.07, 6.45) is 3.96. The number of benzene rings is 1. The molecule has 1 aliphatic rings. The number of rotatable bonds is 4. The van der Waals surface area contributed by atoms with Crippen molar-refractivity contribution in [2.45, 2.75) is 18.4 Å². The number of piperidine rings is 1. The highest BCUT2D eigenvalue weighted by atomic mass is 16.6. The topological polar surface area (TPSA) is 99.3 Å². The summed E-state index contributed by atoms with van der Waals surface area (Å²) < 4.78 is 0. The third-order valence-corrected chi connectivity index (χ3v) is 3.93. The molecular weight excluding hydrogens is 296 g/mol. The number of nitrogens with one attached hydrogen (secondary N) is 1. The van der Waals surface area contributed by atoms with Gasteiger partial charge >= 0.3 is 0 Å². The predicted octanol–water partition coefficient (Wildman–Crippen LogP) is 1.71. The number of nitro groups is 1. The van der Waals surface area contributed by atoms with Crippen LogP contribution in [0.4, 0.5) is 5.69 Å². The molecule has 23 heavy (non-hydrogen) atoms. The van der Waals surface area contributed by atoms with Gasteiger partial charge in [0.25, 0.3) is 5.69 Å². The maximum atomic E-state index is 12.1. The van der Waals surface area contributed by atoms with Crippen LogP contribution in [0.2, 0.25) is 0 Å². The van der Waals surface area contributed by atoms with Gasteiger partial charge in [-0.25, -0.2) is 0 Å². The molecule has 7 nitrogen and oxygen atoms in total. The monoisotopic (exact) mass is 314 g/mol. The van der Waals surface area contributed by atoms with E-state index in [0.29, 0.717) is 18.4 Å². The van der Waals surface area contributed by atoms with Crippen LogP contribution in [0.15, 0.2) is 30.3 Å². The predicted molar refractivity (Wildman–Crippen MR) is 85.3 cm³/mol. The standard InChI is InChI=1S/C16H18N4O3/c1-19-9-7-16(12-17,8-10-19)18-15(21)6-5-13-3-2-4-14(11-13)20(22)23/h2-6,11H,7-10H2,1H3,(H,18,21)/b6-5+. The summed E-state index contributed by atoms with van der Waals surface area (Å²) >= 11 is 0. The average Bonchev–Trinajstić information content (AvgIpc) is 2.55. The first-order valence-corrected chi connectivity index (χ1v) is 7.29. The summed E-state index contributed by atoms with van der Waals surface area (Å²) in [4.78, 5) is 24.4. The van der Waals surface area contributed by atoms with Gasteiger partial charge in [0.2, 0.25) is 5.91 Å². The molecule has 1 aromatic rings. The molecule has 0 aromatic heterocycles. The zero-order valence-electron chi connectivity index (χ0n) is 12.9. The third kappa shape index (κ3) is 4.37. The Labute approximate surface area is 134 Å². The van der Waals surface area contributed by atoms with E-state index < -0.39 is 10.5 Å². The van der Waals surface area contributed by atoms with Crippen molar-refractivity contribution in [3.63, 3.8) is 0 Å². The Morgan fingerprint density at radius 3 is 2.78 bits per heavy atom. The molecule has 0 radical (unpaired) electrons. The molecule has 1 amide bonds. The number of nitriles is 1. The van der Waals surface area contributed by atoms with Gasteiger partial charge in [-0.1, -0.05) is 12.1 Å². The Bertz CT molecular complexity index is 670. The molecule has 1 aliphatic heterocycles. The number of nitro benzene ring substituents is 1. The van der Waals surface area contributed by atoms with E-state index in [0.717, 1.165) is 13.1 Å². The fraction of sp³-hybridized carbons (Fsp3) is 0.375. The van der Waals surface area contributed by atoms with Crippen molar-refractivity contribution in [2.75, 3.05) is 20.1 Å². The zero-order valence-corrected chi connectivity index (χ0v) is 12.9. The van der Waals surface area contributed by atoms with Gasteiger partial charge in [-0.15, -0.1) is 0 Å². The smallest absolute Gasteiger partial charge is 0.270 e. The van der Waals surface area contributed by atoms with Crippen molar-refractivity contribution >= 4 is 17.7 Å². The fourth-order valence-electron chi connectivity index (χ4n) is 2.46. The van der Waals surface area contributed by atoms with Crippen LogP contribution in [0.5, 0.6) is 0 Å². The van der Waals surface area contributed by atoms with Gasteiger partial charge in [-0.3, -0.25) is 14.9 Å². The molecule has 0 unspecified atom stereocenters. The summed E-state index contributed by atoms with van der Waals surface area (Å²) in [7, 11) is 1.98. The van der Waals surface area contributed by atoms with Crippen molar-refractivity contribution in [2.24, 2.45) is 0 Å². The van der Waals surface area contributed by atoms with Gasteiger partial charge in [-0.05, 0) is 31.5 Å². The maximum Gasteiger partial charge on any atom is 0.270 e. The zero-order chi connectivity index (χ0) is 16.9. The summed E-state index contributed by atoms with van der Waals surface area (Å²) in [5.74, 6) is -0.373. The number of nitrogens with zero attached hydrogens (tertiary/aromatic N) is 3. The number of carbonyl (C=O) groups excluding carboxylic acids is 1. The second-order valence-corrected chi connectivity index (χ2v) is 5.67. The minimum absolute atomic E-state index is 0.0311. The number of hydrogen-bond donors (Lipinski definition) is 1. The van der Waals surface area contributed by atoms with Gasteiger partial charge in [0, 0.05) is 31.3 Å². The van der Waals surface area contributed by atoms with Crippen molar-refractivity contribution in [1.82, 2.24) is 10.2 Å². The van der Waals surface area contributed by atoms with Crippen molar-refractivity contribution in [3.05, 3.63) is 46.0 Å². The maximum absolute atomic E-state index is 12.1. The van der Waals surface area contributed by atoms with Crippen LogP contribution in [0.3, 0.4) is 0 Å². The molecule has 120 valence electrons. The Kier molecular flexibility index (Phi) is 5.09. The first-order chi connectivity index (χ1) is 10.9. The Balaban J connectivity index is 2.03. The van der Waals surface area contributed by atoms with Crippen LogP contribution >= 0.6 is 0 Å². The van der Waals surface area contributed by atoms with E-state index >= 15 is 0 Å². The minimum Gasteiger partial charge on any atom is -0.334 e. The lowest BCUT2D eigenvalue weighted by Gasteiger charge is -2.35. The third-order valence-electron chi connectivity index (χ3n) is 3.93. The van der Waals surface area contributed by atoms with Crippen molar-refractivity contribution in [1.29, 1.82) is 5.26 Å². The molecule has 1 heterocycles. The highest BCUT2D eigenvalue weighted by Gasteiger charge is 2.34. The van der Waals surface area contributed by atoms with Crippen LogP contribution < -0.4 is 5.32 Å². The van der Waals surface area contributed by atoms with E-state index in [2.05, 4.69) is 16.3 Å². The first kappa shape index (κ1) is 16.6. The molecule has 0 bridgehead atoms. The number of hydrogen-bond acceptors (Lipinski definition) is 5. The molecular formula is C16H18N4O3. The highest BCUT2D eigenvalue weighted by molar-refractivity contribution is 5.92. The molecule has 2 rings (SSSR count). The molecule has 0 saturated carbocycles. The van der Waals surface area contributed by atoms with E-state index in [1.165, 1.54) is 24.3 Å². The lowest BCUT2D eigenvalue weighted by Crippen LogP contribution is -2.53. The average molecular weight is 314 g/mol. The molecule has 1 aromatic carbocycles. The quantitative estimate of drug-likeness (QED) is 0.518. The second-order valence-electron chi connectivity index (χ2n) is 5.67. The van der Waals surface area contributed by atoms with Crippen LogP contribution in [-0.4, -0.2) is 41.4 Å². The normalized spacial score (nSPS) is 17.6. The molecule has 0 aliphatic carbocycles. The van der Waals surface area contributed by atoms with E-state index in [4.69, 9.17) is 0 Å². The number of amides is 1. The fourth-order valence-corrected chi connectivity index (χ4v) is 2.46. The molecule has 1 fully saturated rings. The van der Waals surface area contributed by atoms with Gasteiger partial charge < -0.3 is 10.2 Å². The number of non-ortho nitro benzene ring substituents is 1. The van der Waals surface area contributed by atoms with Crippen LogP contribution in [0, 0.1) is 21.4 Å². The molecule has 0 spiro atoms. The summed E-state index contributed by atoms with van der Waals surface area (Å²) in [6.45, 7) is 1.50.